The lowest BCUT2D eigenvalue weighted by atomic mass is 9.99. The smallest absolute Gasteiger partial charge is 0.259 e. The van der Waals surface area contributed by atoms with Crippen LogP contribution in [0.5, 0.6) is 5.75 Å². The Morgan fingerprint density at radius 2 is 1.97 bits per heavy atom. The summed E-state index contributed by atoms with van der Waals surface area (Å²) in [6.45, 7) is 3.96. The van der Waals surface area contributed by atoms with Crippen molar-refractivity contribution < 1.29 is 9.53 Å². The van der Waals surface area contributed by atoms with Gasteiger partial charge in [0.15, 0.2) is 15.6 Å². The Balaban J connectivity index is 1.30. The second-order valence-corrected chi connectivity index (χ2v) is 10.1. The van der Waals surface area contributed by atoms with E-state index in [2.05, 4.69) is 25.2 Å². The highest BCUT2D eigenvalue weighted by atomic mass is 35.5. The minimum absolute atomic E-state index is 0.330. The third-order valence-electron chi connectivity index (χ3n) is 6.37. The number of halogens is 1. The monoisotopic (exact) mass is 492 g/mol. The Morgan fingerprint density at radius 1 is 1.15 bits per heavy atom. The van der Waals surface area contributed by atoms with Gasteiger partial charge in [-0.3, -0.25) is 15.1 Å². The van der Waals surface area contributed by atoms with Crippen molar-refractivity contribution in [1.29, 1.82) is 0 Å². The number of hydrogen-bond acceptors (Lipinski definition) is 8. The number of aryl methyl sites for hydroxylation is 1. The van der Waals surface area contributed by atoms with Crippen LogP contribution in [0.3, 0.4) is 0 Å². The van der Waals surface area contributed by atoms with Gasteiger partial charge in [-0.2, -0.15) is 4.98 Å². The fourth-order valence-corrected chi connectivity index (χ4v) is 5.48. The highest BCUT2D eigenvalue weighted by Gasteiger charge is 2.45. The van der Waals surface area contributed by atoms with Crippen molar-refractivity contribution in [2.24, 2.45) is 11.8 Å². The second kappa shape index (κ2) is 8.18. The fourth-order valence-electron chi connectivity index (χ4n) is 4.52. The molecule has 2 unspecified atom stereocenters. The van der Waals surface area contributed by atoms with E-state index in [9.17, 15) is 4.79 Å². The third kappa shape index (κ3) is 3.84. The molecule has 0 bridgehead atoms. The molecule has 2 aliphatic rings. The molecule has 1 saturated heterocycles. The maximum atomic E-state index is 13.3. The predicted octanol–water partition coefficient (Wildman–Crippen LogP) is 4.83. The van der Waals surface area contributed by atoms with Crippen molar-refractivity contribution in [2.75, 3.05) is 30.4 Å². The van der Waals surface area contributed by atoms with E-state index in [4.69, 9.17) is 21.3 Å². The van der Waals surface area contributed by atoms with E-state index in [0.717, 1.165) is 36.4 Å². The normalized spacial score (nSPS) is 18.7. The van der Waals surface area contributed by atoms with E-state index in [0.29, 0.717) is 43.1 Å². The van der Waals surface area contributed by atoms with E-state index in [1.807, 2.05) is 13.0 Å². The summed E-state index contributed by atoms with van der Waals surface area (Å²) in [5, 5.41) is 3.88. The number of carbonyl (C=O) groups excluding carboxylic acids is 1. The Kier molecular flexibility index (Phi) is 5.11. The van der Waals surface area contributed by atoms with Gasteiger partial charge in [-0.1, -0.05) is 22.9 Å². The summed E-state index contributed by atoms with van der Waals surface area (Å²) in [5.74, 6) is 2.78. The molecule has 2 fully saturated rings. The third-order valence-corrected chi connectivity index (χ3v) is 7.46. The van der Waals surface area contributed by atoms with Crippen molar-refractivity contribution in [3.05, 3.63) is 52.9 Å². The fraction of sp³-hybridized carbons (Fsp3) is 0.292. The quantitative estimate of drug-likeness (QED) is 0.426. The standard InChI is InChI=1S/C24H21ClN6O2S/c1-12-5-16(17-7-15(25)3-4-19(17)33-2)18(8-26-12)22(32)30-24-29-21-23(34-24)28-20(9-27-21)31-10-13-6-14(13)11-31/h3-5,7-9,13-14H,6,10-11H2,1-2H3,(H,27,29,30,32). The van der Waals surface area contributed by atoms with Gasteiger partial charge in [-0.15, -0.1) is 0 Å². The average molecular weight is 493 g/mol. The van der Waals surface area contributed by atoms with Crippen LogP contribution in [0.2, 0.25) is 5.02 Å². The predicted molar refractivity (Wildman–Crippen MR) is 133 cm³/mol. The SMILES string of the molecule is COc1ccc(Cl)cc1-c1cc(C)ncc1C(=O)Nc1nc2ncc(N3CC4CC4C3)nc2s1. The van der Waals surface area contributed by atoms with E-state index < -0.39 is 0 Å². The molecule has 8 nitrogen and oxygen atoms in total. The van der Waals surface area contributed by atoms with Gasteiger partial charge >= 0.3 is 0 Å². The maximum Gasteiger partial charge on any atom is 0.259 e. The first-order chi connectivity index (χ1) is 16.5. The molecule has 3 aromatic heterocycles. The molecule has 172 valence electrons. The Bertz CT molecular complexity index is 1430. The number of rotatable bonds is 5. The van der Waals surface area contributed by atoms with E-state index >= 15 is 0 Å². The molecule has 0 spiro atoms. The number of nitrogens with zero attached hydrogens (tertiary/aromatic N) is 5. The van der Waals surface area contributed by atoms with Crippen LogP contribution in [0.25, 0.3) is 21.6 Å². The zero-order chi connectivity index (χ0) is 23.4. The van der Waals surface area contributed by atoms with Crippen LogP contribution in [0.15, 0.2) is 36.7 Å². The first kappa shape index (κ1) is 21.2. The van der Waals surface area contributed by atoms with Crippen molar-refractivity contribution in [3.8, 4) is 16.9 Å². The number of pyridine rings is 1. The number of benzene rings is 1. The summed E-state index contributed by atoms with van der Waals surface area (Å²) in [7, 11) is 1.58. The summed E-state index contributed by atoms with van der Waals surface area (Å²) in [4.78, 5) is 34.3. The van der Waals surface area contributed by atoms with Crippen molar-refractivity contribution in [3.63, 3.8) is 0 Å². The summed E-state index contributed by atoms with van der Waals surface area (Å²) < 4.78 is 5.51. The lowest BCUT2D eigenvalue weighted by Crippen LogP contribution is -2.22. The highest BCUT2D eigenvalue weighted by molar-refractivity contribution is 7.21. The molecule has 10 heteroatoms. The summed E-state index contributed by atoms with van der Waals surface area (Å²) >= 11 is 7.55. The van der Waals surface area contributed by atoms with E-state index in [1.165, 1.54) is 17.8 Å². The number of fused-ring (bicyclic) bond motifs is 2. The minimum atomic E-state index is -0.330. The Labute approximate surface area is 205 Å². The van der Waals surface area contributed by atoms with Gasteiger partial charge in [0.1, 0.15) is 11.6 Å². The first-order valence-electron chi connectivity index (χ1n) is 11.0. The molecule has 1 aliphatic carbocycles. The molecule has 6 rings (SSSR count). The van der Waals surface area contributed by atoms with Gasteiger partial charge < -0.3 is 9.64 Å². The number of thiazole rings is 1. The molecule has 2 atom stereocenters. The van der Waals surface area contributed by atoms with Gasteiger partial charge in [-0.05, 0) is 49.4 Å². The molecule has 1 amide bonds. The molecule has 1 saturated carbocycles. The van der Waals surface area contributed by atoms with Gasteiger partial charge in [0, 0.05) is 41.1 Å². The first-order valence-corrected chi connectivity index (χ1v) is 12.2. The van der Waals surface area contributed by atoms with Crippen LogP contribution in [0.1, 0.15) is 22.5 Å². The van der Waals surface area contributed by atoms with E-state index in [1.54, 1.807) is 37.7 Å². The number of hydrogen-bond donors (Lipinski definition) is 1. The Morgan fingerprint density at radius 3 is 2.76 bits per heavy atom. The van der Waals surface area contributed by atoms with Crippen molar-refractivity contribution >= 4 is 50.3 Å². The number of nitrogens with one attached hydrogen (secondary N) is 1. The Hall–Kier alpha value is -3.30. The van der Waals surface area contributed by atoms with Crippen LogP contribution in [-0.4, -0.2) is 46.0 Å². The zero-order valence-corrected chi connectivity index (χ0v) is 20.2. The number of carbonyl (C=O) groups is 1. The number of piperidine rings is 1. The average Bonchev–Trinajstić information content (AvgIpc) is 3.24. The van der Waals surface area contributed by atoms with Gasteiger partial charge in [0.25, 0.3) is 5.91 Å². The van der Waals surface area contributed by atoms with Gasteiger partial charge in [0.2, 0.25) is 0 Å². The molecule has 1 N–H and O–H groups in total. The van der Waals surface area contributed by atoms with Crippen LogP contribution in [0, 0.1) is 18.8 Å². The lowest BCUT2D eigenvalue weighted by molar-refractivity contribution is 0.102. The van der Waals surface area contributed by atoms with Crippen molar-refractivity contribution in [2.45, 2.75) is 13.3 Å². The molecule has 1 aliphatic heterocycles. The molecule has 4 heterocycles. The molecule has 4 aromatic rings. The van der Waals surface area contributed by atoms with Gasteiger partial charge in [-0.25, -0.2) is 9.97 Å². The molecule has 1 aromatic carbocycles. The maximum absolute atomic E-state index is 13.3. The molecule has 0 radical (unpaired) electrons. The largest absolute Gasteiger partial charge is 0.496 e. The number of anilines is 2. The molecular weight excluding hydrogens is 472 g/mol. The van der Waals surface area contributed by atoms with E-state index in [-0.39, 0.29) is 5.91 Å². The highest BCUT2D eigenvalue weighted by Crippen LogP contribution is 2.46. The topological polar surface area (TPSA) is 93.1 Å². The summed E-state index contributed by atoms with van der Waals surface area (Å²) in [6.07, 6.45) is 4.66. The number of methoxy groups -OCH3 is 1. The lowest BCUT2D eigenvalue weighted by Gasteiger charge is -2.17. The zero-order valence-electron chi connectivity index (χ0n) is 18.6. The number of amides is 1. The number of aromatic nitrogens is 4. The van der Waals surface area contributed by atoms with Crippen LogP contribution >= 0.6 is 22.9 Å². The van der Waals surface area contributed by atoms with Crippen LogP contribution in [0.4, 0.5) is 10.9 Å². The second-order valence-electron chi connectivity index (χ2n) is 8.71. The summed E-state index contributed by atoms with van der Waals surface area (Å²) in [6, 6.07) is 7.15. The molecular formula is C24H21ClN6O2S. The van der Waals surface area contributed by atoms with Gasteiger partial charge in [0.05, 0.1) is 18.9 Å². The minimum Gasteiger partial charge on any atom is -0.496 e. The molecule has 34 heavy (non-hydrogen) atoms. The van der Waals surface area contributed by atoms with Crippen molar-refractivity contribution in [1.82, 2.24) is 19.9 Å². The van der Waals surface area contributed by atoms with Crippen LogP contribution in [-0.2, 0) is 0 Å². The summed E-state index contributed by atoms with van der Waals surface area (Å²) in [5.41, 5.74) is 3.08. The number of ether oxygens (including phenoxy) is 1. The van der Waals surface area contributed by atoms with Crippen LogP contribution < -0.4 is 15.0 Å².